The maximum absolute atomic E-state index is 11.2. The number of hydrogen-bond donors (Lipinski definition) is 3. The number of rotatable bonds is 1. The molecule has 7 atom stereocenters. The molecule has 136 valence electrons. The molecular weight excluding hydrogens is 300 g/mol. The third-order valence-corrected chi connectivity index (χ3v) is 8.87. The van der Waals surface area contributed by atoms with Crippen LogP contribution in [0.4, 0.5) is 0 Å². The van der Waals surface area contributed by atoms with E-state index in [1.807, 2.05) is 0 Å². The average Bonchev–Trinajstić information content (AvgIpc) is 2.81. The summed E-state index contributed by atoms with van der Waals surface area (Å²) in [5.41, 5.74) is 2.22. The van der Waals surface area contributed by atoms with E-state index in [9.17, 15) is 15.3 Å². The molecule has 24 heavy (non-hydrogen) atoms. The number of allylic oxidation sites excluding steroid dienone is 1. The van der Waals surface area contributed by atoms with Gasteiger partial charge in [0.1, 0.15) is 0 Å². The smallest absolute Gasteiger partial charge is 0.0995 e. The number of hydrogen-bond acceptors (Lipinski definition) is 3. The van der Waals surface area contributed by atoms with Crippen LogP contribution in [0.25, 0.3) is 0 Å². The zero-order valence-corrected chi connectivity index (χ0v) is 15.5. The van der Waals surface area contributed by atoms with Crippen molar-refractivity contribution in [2.75, 3.05) is 0 Å². The Morgan fingerprint density at radius 3 is 2.50 bits per heavy atom. The van der Waals surface area contributed by atoms with Crippen molar-refractivity contribution in [3.05, 3.63) is 11.1 Å². The van der Waals surface area contributed by atoms with E-state index in [1.54, 1.807) is 12.5 Å². The van der Waals surface area contributed by atoms with E-state index in [-0.39, 0.29) is 11.5 Å². The topological polar surface area (TPSA) is 60.7 Å². The first-order valence-corrected chi connectivity index (χ1v) is 10.0. The van der Waals surface area contributed by atoms with Crippen molar-refractivity contribution in [1.82, 2.24) is 0 Å². The van der Waals surface area contributed by atoms with Gasteiger partial charge in [-0.1, -0.05) is 25.0 Å². The van der Waals surface area contributed by atoms with Crippen molar-refractivity contribution in [3.8, 4) is 0 Å². The van der Waals surface area contributed by atoms with E-state index in [0.29, 0.717) is 23.7 Å². The van der Waals surface area contributed by atoms with Crippen molar-refractivity contribution in [2.24, 2.45) is 22.7 Å². The van der Waals surface area contributed by atoms with Crippen molar-refractivity contribution in [2.45, 2.75) is 96.4 Å². The normalized spacial score (nSPS) is 52.5. The summed E-state index contributed by atoms with van der Waals surface area (Å²) in [6.07, 6.45) is 8.38. The fourth-order valence-corrected chi connectivity index (χ4v) is 7.18. The lowest BCUT2D eigenvalue weighted by Gasteiger charge is -2.57. The van der Waals surface area contributed by atoms with Gasteiger partial charge in [-0.05, 0) is 82.0 Å². The van der Waals surface area contributed by atoms with Crippen LogP contribution in [0.1, 0.15) is 78.6 Å². The zero-order valence-electron chi connectivity index (χ0n) is 15.5. The zero-order chi connectivity index (χ0) is 17.3. The monoisotopic (exact) mass is 334 g/mol. The SMILES string of the molecule is C[C@H](O)[C@@]1(O)CCC2=C3CCC4C[C@@H](O)CC[C@]4(C)[C@H]3CC[C@@]21C. The first kappa shape index (κ1) is 17.1. The summed E-state index contributed by atoms with van der Waals surface area (Å²) in [4.78, 5) is 0. The molecule has 3 fully saturated rings. The Bertz CT molecular complexity index is 567. The van der Waals surface area contributed by atoms with E-state index in [4.69, 9.17) is 0 Å². The highest BCUT2D eigenvalue weighted by Gasteiger charge is 2.61. The van der Waals surface area contributed by atoms with Crippen molar-refractivity contribution in [1.29, 1.82) is 0 Å². The van der Waals surface area contributed by atoms with Gasteiger partial charge in [-0.3, -0.25) is 0 Å². The summed E-state index contributed by atoms with van der Waals surface area (Å²) in [6.45, 7) is 6.42. The van der Waals surface area contributed by atoms with Crippen LogP contribution in [0.15, 0.2) is 11.1 Å². The Kier molecular flexibility index (Phi) is 3.77. The molecule has 0 aliphatic heterocycles. The van der Waals surface area contributed by atoms with Gasteiger partial charge < -0.3 is 15.3 Å². The van der Waals surface area contributed by atoms with Gasteiger partial charge in [0, 0.05) is 5.41 Å². The molecule has 1 unspecified atom stereocenters. The van der Waals surface area contributed by atoms with Gasteiger partial charge in [0.25, 0.3) is 0 Å². The van der Waals surface area contributed by atoms with Crippen LogP contribution in [0, 0.1) is 22.7 Å². The van der Waals surface area contributed by atoms with Crippen molar-refractivity contribution in [3.63, 3.8) is 0 Å². The lowest BCUT2D eigenvalue weighted by Crippen LogP contribution is -2.54. The Morgan fingerprint density at radius 2 is 1.79 bits per heavy atom. The Hall–Kier alpha value is -0.380. The van der Waals surface area contributed by atoms with Crippen LogP contribution in [0.5, 0.6) is 0 Å². The van der Waals surface area contributed by atoms with Gasteiger partial charge in [-0.25, -0.2) is 0 Å². The highest BCUT2D eigenvalue weighted by molar-refractivity contribution is 5.38. The van der Waals surface area contributed by atoms with Crippen LogP contribution in [0.2, 0.25) is 0 Å². The molecule has 0 spiro atoms. The molecule has 0 aromatic heterocycles. The summed E-state index contributed by atoms with van der Waals surface area (Å²) in [6, 6.07) is 0. The third-order valence-electron chi connectivity index (χ3n) is 8.87. The molecule has 0 aromatic rings. The van der Waals surface area contributed by atoms with E-state index in [1.165, 1.54) is 12.0 Å². The molecule has 4 aliphatic carbocycles. The fraction of sp³-hybridized carbons (Fsp3) is 0.905. The molecule has 3 N–H and O–H groups in total. The number of fused-ring (bicyclic) bond motifs is 4. The third kappa shape index (κ3) is 2.01. The molecule has 3 nitrogen and oxygen atoms in total. The number of aliphatic hydroxyl groups is 3. The van der Waals surface area contributed by atoms with Gasteiger partial charge in [0.15, 0.2) is 0 Å². The molecule has 4 aliphatic rings. The van der Waals surface area contributed by atoms with E-state index in [0.717, 1.165) is 44.9 Å². The largest absolute Gasteiger partial charge is 0.393 e. The summed E-state index contributed by atoms with van der Waals surface area (Å²) < 4.78 is 0. The van der Waals surface area contributed by atoms with Gasteiger partial charge >= 0.3 is 0 Å². The Morgan fingerprint density at radius 1 is 1.04 bits per heavy atom. The predicted molar refractivity (Wildman–Crippen MR) is 94.4 cm³/mol. The lowest BCUT2D eigenvalue weighted by molar-refractivity contribution is -0.130. The lowest BCUT2D eigenvalue weighted by atomic mass is 9.48. The minimum atomic E-state index is -0.958. The quantitative estimate of drug-likeness (QED) is 0.643. The van der Waals surface area contributed by atoms with E-state index in [2.05, 4.69) is 13.8 Å². The predicted octanol–water partition coefficient (Wildman–Crippen LogP) is 3.57. The minimum Gasteiger partial charge on any atom is -0.393 e. The minimum absolute atomic E-state index is 0.0991. The van der Waals surface area contributed by atoms with Crippen molar-refractivity contribution >= 4 is 0 Å². The molecule has 0 heterocycles. The van der Waals surface area contributed by atoms with E-state index < -0.39 is 11.7 Å². The second-order valence-corrected chi connectivity index (χ2v) is 9.70. The summed E-state index contributed by atoms with van der Waals surface area (Å²) in [7, 11) is 0. The average molecular weight is 335 g/mol. The Balaban J connectivity index is 1.74. The summed E-state index contributed by atoms with van der Waals surface area (Å²) in [5.74, 6) is 1.28. The van der Waals surface area contributed by atoms with Gasteiger partial charge in [-0.2, -0.15) is 0 Å². The van der Waals surface area contributed by atoms with Crippen LogP contribution in [-0.4, -0.2) is 33.1 Å². The molecular formula is C21H34O3. The van der Waals surface area contributed by atoms with Gasteiger partial charge in [-0.15, -0.1) is 0 Å². The van der Waals surface area contributed by atoms with Crippen LogP contribution < -0.4 is 0 Å². The second kappa shape index (κ2) is 5.31. The highest BCUT2D eigenvalue weighted by atomic mass is 16.3. The molecule has 3 heteroatoms. The van der Waals surface area contributed by atoms with Crippen LogP contribution in [0.3, 0.4) is 0 Å². The maximum atomic E-state index is 11.2. The molecule has 4 rings (SSSR count). The number of aliphatic hydroxyl groups excluding tert-OH is 2. The molecule has 0 bridgehead atoms. The summed E-state index contributed by atoms with van der Waals surface area (Å²) in [5, 5.41) is 31.6. The standard InChI is InChI=1S/C21H34O3/c1-13(22)21(24)11-8-18-16-5-4-14-12-15(23)6-9-19(14,2)17(16)7-10-20(18,21)3/h13-15,17,22-24H,4-12H2,1-3H3/t13-,14?,15-,17-,19-,20-,21-/m0/s1. The molecule has 0 amide bonds. The Labute approximate surface area is 146 Å². The molecule has 3 saturated carbocycles. The van der Waals surface area contributed by atoms with Gasteiger partial charge in [0.2, 0.25) is 0 Å². The molecule has 0 saturated heterocycles. The first-order valence-electron chi connectivity index (χ1n) is 10.0. The van der Waals surface area contributed by atoms with Crippen LogP contribution >= 0.6 is 0 Å². The summed E-state index contributed by atoms with van der Waals surface area (Å²) >= 11 is 0. The van der Waals surface area contributed by atoms with Gasteiger partial charge in [0.05, 0.1) is 17.8 Å². The molecule has 0 aromatic carbocycles. The first-order chi connectivity index (χ1) is 11.2. The van der Waals surface area contributed by atoms with E-state index >= 15 is 0 Å². The second-order valence-electron chi connectivity index (χ2n) is 9.70. The molecule has 0 radical (unpaired) electrons. The van der Waals surface area contributed by atoms with Crippen LogP contribution in [-0.2, 0) is 0 Å². The highest BCUT2D eigenvalue weighted by Crippen LogP contribution is 2.66. The fourth-order valence-electron chi connectivity index (χ4n) is 7.18. The maximum Gasteiger partial charge on any atom is 0.0995 e. The van der Waals surface area contributed by atoms with Crippen molar-refractivity contribution < 1.29 is 15.3 Å².